The number of aromatic amines is 1. The van der Waals surface area contributed by atoms with Crippen molar-refractivity contribution in [2.45, 2.75) is 74.7 Å². The van der Waals surface area contributed by atoms with Crippen LogP contribution in [0, 0.1) is 12.8 Å². The van der Waals surface area contributed by atoms with Crippen molar-refractivity contribution in [3.63, 3.8) is 0 Å². The Labute approximate surface area is 215 Å². The van der Waals surface area contributed by atoms with Crippen LogP contribution >= 0.6 is 0 Å². The number of benzene rings is 2. The van der Waals surface area contributed by atoms with Gasteiger partial charge in [-0.05, 0) is 81.2 Å². The Morgan fingerprint density at radius 3 is 2.92 bits per heavy atom. The molecule has 2 bridgehead atoms. The first-order valence-electron chi connectivity index (χ1n) is 13.8. The SMILES string of the molecule is Cc1c[nH]c2c(C(=O)N[C@@H]3CC[C@@]4(O)[C@H]5Cc6ccc(O)c7c6[C@@]4(CCN5CC4CC4)[C@H]3O7)cccc12. The van der Waals surface area contributed by atoms with Crippen LogP contribution in [-0.2, 0) is 11.8 Å². The van der Waals surface area contributed by atoms with Gasteiger partial charge in [0.15, 0.2) is 11.5 Å². The zero-order valence-corrected chi connectivity index (χ0v) is 21.1. The molecule has 3 aromatic rings. The minimum atomic E-state index is -0.950. The molecule has 1 spiro atoms. The van der Waals surface area contributed by atoms with Gasteiger partial charge in [0.05, 0.1) is 28.1 Å². The number of hydrogen-bond donors (Lipinski definition) is 4. The van der Waals surface area contributed by atoms with Crippen LogP contribution < -0.4 is 10.1 Å². The van der Waals surface area contributed by atoms with E-state index in [0.717, 1.165) is 53.9 Å². The van der Waals surface area contributed by atoms with Crippen LogP contribution in [0.1, 0.15) is 59.2 Å². The fourth-order valence-corrected chi connectivity index (χ4v) is 8.36. The standard InChI is InChI=1S/C30H33N3O4/c1-16-14-31-25-19(16)3-2-4-20(25)28(35)32-21-9-10-30(36)23-13-18-7-8-22(34)26-24(18)29(30,27(21)37-26)11-12-33(23)15-17-5-6-17/h2-4,7-8,14,17,21,23,27,31,34,36H,5-6,9-13,15H2,1H3,(H,32,35)/t21-,23-,27+,29+,30-/m1/s1. The van der Waals surface area contributed by atoms with Crippen LogP contribution in [0.4, 0.5) is 0 Å². The molecule has 192 valence electrons. The van der Waals surface area contributed by atoms with Gasteiger partial charge in [-0.15, -0.1) is 0 Å². The van der Waals surface area contributed by atoms with Gasteiger partial charge in [0.25, 0.3) is 5.91 Å². The van der Waals surface area contributed by atoms with Crippen LogP contribution in [0.5, 0.6) is 11.5 Å². The summed E-state index contributed by atoms with van der Waals surface area (Å²) in [6.45, 7) is 3.98. The second kappa shape index (κ2) is 7.29. The quantitative estimate of drug-likeness (QED) is 0.440. The number of aromatic hydroxyl groups is 1. The van der Waals surface area contributed by atoms with E-state index in [1.54, 1.807) is 6.07 Å². The van der Waals surface area contributed by atoms with Crippen molar-refractivity contribution in [3.05, 3.63) is 58.8 Å². The number of carbonyl (C=O) groups is 1. The van der Waals surface area contributed by atoms with Crippen molar-refractivity contribution in [1.82, 2.24) is 15.2 Å². The summed E-state index contributed by atoms with van der Waals surface area (Å²) in [5.74, 6) is 1.25. The van der Waals surface area contributed by atoms with Gasteiger partial charge in [-0.25, -0.2) is 0 Å². The molecule has 2 aromatic carbocycles. The molecule has 4 N–H and O–H groups in total. The predicted octanol–water partition coefficient (Wildman–Crippen LogP) is 3.54. The van der Waals surface area contributed by atoms with E-state index < -0.39 is 17.1 Å². The van der Waals surface area contributed by atoms with Gasteiger partial charge < -0.3 is 25.3 Å². The number of aryl methyl sites for hydroxylation is 1. The smallest absolute Gasteiger partial charge is 0.253 e. The number of carbonyl (C=O) groups excluding carboxylic acids is 1. The summed E-state index contributed by atoms with van der Waals surface area (Å²) in [5, 5.41) is 27.8. The van der Waals surface area contributed by atoms with Crippen LogP contribution in [-0.4, -0.2) is 62.9 Å². The monoisotopic (exact) mass is 499 g/mol. The molecule has 7 heteroatoms. The number of piperidine rings is 1. The molecule has 5 aliphatic rings. The summed E-state index contributed by atoms with van der Waals surface area (Å²) in [5.41, 5.74) is 3.13. The summed E-state index contributed by atoms with van der Waals surface area (Å²) in [4.78, 5) is 19.4. The van der Waals surface area contributed by atoms with Crippen molar-refractivity contribution >= 4 is 16.8 Å². The van der Waals surface area contributed by atoms with Crippen LogP contribution in [0.2, 0.25) is 0 Å². The van der Waals surface area contributed by atoms with Gasteiger partial charge in [-0.1, -0.05) is 18.2 Å². The van der Waals surface area contributed by atoms with Crippen LogP contribution in [0.3, 0.4) is 0 Å². The Bertz CT molecular complexity index is 1460. The van der Waals surface area contributed by atoms with Gasteiger partial charge in [0.1, 0.15) is 6.10 Å². The third-order valence-corrected chi connectivity index (χ3v) is 10.2. The molecule has 2 aliphatic heterocycles. The van der Waals surface area contributed by atoms with Gasteiger partial charge in [0, 0.05) is 29.7 Å². The number of fused-ring (bicyclic) bond motifs is 1. The number of hydrogen-bond acceptors (Lipinski definition) is 5. The first-order valence-corrected chi connectivity index (χ1v) is 13.8. The minimum Gasteiger partial charge on any atom is -0.504 e. The first kappa shape index (κ1) is 22.0. The van der Waals surface area contributed by atoms with Gasteiger partial charge >= 0.3 is 0 Å². The summed E-state index contributed by atoms with van der Waals surface area (Å²) in [6.07, 6.45) is 6.85. The average molecular weight is 500 g/mol. The van der Waals surface area contributed by atoms with E-state index in [-0.39, 0.29) is 23.7 Å². The number of aromatic nitrogens is 1. The lowest BCUT2D eigenvalue weighted by atomic mass is 9.48. The molecule has 2 saturated carbocycles. The Kier molecular flexibility index (Phi) is 4.34. The molecule has 7 nitrogen and oxygen atoms in total. The number of phenolic OH excluding ortho intramolecular Hbond substituents is 1. The number of nitrogens with zero attached hydrogens (tertiary/aromatic N) is 1. The molecule has 3 heterocycles. The number of phenols is 1. The lowest BCUT2D eigenvalue weighted by Gasteiger charge is -2.64. The summed E-state index contributed by atoms with van der Waals surface area (Å²) >= 11 is 0. The number of likely N-dealkylation sites (tertiary alicyclic amines) is 1. The maximum atomic E-state index is 13.7. The van der Waals surface area contributed by atoms with E-state index in [4.69, 9.17) is 4.74 Å². The number of ether oxygens (including phenoxy) is 1. The predicted molar refractivity (Wildman–Crippen MR) is 139 cm³/mol. The first-order chi connectivity index (χ1) is 17.9. The topological polar surface area (TPSA) is 97.8 Å². The third kappa shape index (κ3) is 2.76. The largest absolute Gasteiger partial charge is 0.504 e. The summed E-state index contributed by atoms with van der Waals surface area (Å²) < 4.78 is 6.59. The van der Waals surface area contributed by atoms with Crippen molar-refractivity contribution < 1.29 is 19.7 Å². The van der Waals surface area contributed by atoms with E-state index in [9.17, 15) is 15.0 Å². The Balaban J connectivity index is 1.20. The molecule has 8 rings (SSSR count). The van der Waals surface area contributed by atoms with Gasteiger partial charge in [-0.3, -0.25) is 9.69 Å². The molecule has 3 aliphatic carbocycles. The maximum Gasteiger partial charge on any atom is 0.253 e. The highest BCUT2D eigenvalue weighted by Crippen LogP contribution is 2.65. The Morgan fingerprint density at radius 1 is 1.22 bits per heavy atom. The molecule has 0 radical (unpaired) electrons. The number of amides is 1. The normalized spacial score (nSPS) is 33.7. The van der Waals surface area contributed by atoms with E-state index in [0.29, 0.717) is 24.2 Å². The van der Waals surface area contributed by atoms with Crippen molar-refractivity contribution in [1.29, 1.82) is 0 Å². The van der Waals surface area contributed by atoms with Gasteiger partial charge in [0.2, 0.25) is 0 Å². The van der Waals surface area contributed by atoms with Crippen molar-refractivity contribution in [2.24, 2.45) is 5.92 Å². The molecular weight excluding hydrogens is 466 g/mol. The molecular formula is C30H33N3O4. The molecule has 1 saturated heterocycles. The van der Waals surface area contributed by atoms with Crippen molar-refractivity contribution in [3.8, 4) is 11.5 Å². The van der Waals surface area contributed by atoms with E-state index in [2.05, 4.69) is 15.2 Å². The Morgan fingerprint density at radius 2 is 2.08 bits per heavy atom. The number of para-hydroxylation sites is 1. The molecule has 5 atom stereocenters. The highest BCUT2D eigenvalue weighted by Gasteiger charge is 2.73. The van der Waals surface area contributed by atoms with E-state index >= 15 is 0 Å². The summed E-state index contributed by atoms with van der Waals surface area (Å²) in [6, 6.07) is 9.31. The average Bonchev–Trinajstić information content (AvgIpc) is 3.52. The van der Waals surface area contributed by atoms with Gasteiger partial charge in [-0.2, -0.15) is 0 Å². The maximum absolute atomic E-state index is 13.7. The second-order valence-corrected chi connectivity index (χ2v) is 12.1. The van der Waals surface area contributed by atoms with E-state index in [1.807, 2.05) is 37.4 Å². The minimum absolute atomic E-state index is 0.0308. The molecule has 37 heavy (non-hydrogen) atoms. The highest BCUT2D eigenvalue weighted by molar-refractivity contribution is 6.06. The van der Waals surface area contributed by atoms with Crippen LogP contribution in [0.15, 0.2) is 36.5 Å². The number of nitrogens with one attached hydrogen (secondary N) is 2. The second-order valence-electron chi connectivity index (χ2n) is 12.1. The Hall–Kier alpha value is -3.03. The lowest BCUT2D eigenvalue weighted by molar-refractivity contribution is -0.191. The third-order valence-electron chi connectivity index (χ3n) is 10.2. The summed E-state index contributed by atoms with van der Waals surface area (Å²) in [7, 11) is 0. The lowest BCUT2D eigenvalue weighted by Crippen LogP contribution is -2.78. The van der Waals surface area contributed by atoms with Crippen molar-refractivity contribution in [2.75, 3.05) is 13.1 Å². The fraction of sp³-hybridized carbons (Fsp3) is 0.500. The molecule has 1 aromatic heterocycles. The zero-order valence-electron chi connectivity index (χ0n) is 21.1. The molecule has 1 amide bonds. The molecule has 3 fully saturated rings. The molecule has 0 unspecified atom stereocenters. The van der Waals surface area contributed by atoms with Crippen LogP contribution in [0.25, 0.3) is 10.9 Å². The number of rotatable bonds is 4. The highest BCUT2D eigenvalue weighted by atomic mass is 16.5. The van der Waals surface area contributed by atoms with E-state index in [1.165, 1.54) is 18.4 Å². The zero-order chi connectivity index (χ0) is 25.1. The fourth-order valence-electron chi connectivity index (χ4n) is 8.36. The number of aliphatic hydroxyl groups is 1. The number of H-pyrrole nitrogens is 1.